The van der Waals surface area contributed by atoms with Gasteiger partial charge in [0.2, 0.25) is 5.91 Å². The maximum absolute atomic E-state index is 14.1. The van der Waals surface area contributed by atoms with E-state index < -0.39 is 0 Å². The van der Waals surface area contributed by atoms with Gasteiger partial charge in [-0.25, -0.2) is 4.39 Å². The van der Waals surface area contributed by atoms with Crippen molar-refractivity contribution in [3.8, 4) is 0 Å². The van der Waals surface area contributed by atoms with E-state index in [0.29, 0.717) is 5.69 Å². The van der Waals surface area contributed by atoms with Crippen molar-refractivity contribution < 1.29 is 9.18 Å². The third-order valence-corrected chi connectivity index (χ3v) is 6.24. The molecular weight excluding hydrogens is 522 g/mol. The monoisotopic (exact) mass is 560 g/mol. The zero-order valence-corrected chi connectivity index (χ0v) is 21.5. The van der Waals surface area contributed by atoms with Crippen molar-refractivity contribution in [1.82, 2.24) is 15.1 Å². The van der Waals surface area contributed by atoms with E-state index in [1.54, 1.807) is 6.07 Å². The Bertz CT molecular complexity index is 733. The Kier molecular flexibility index (Phi) is 11.5. The van der Waals surface area contributed by atoms with Crippen LogP contribution in [0.4, 0.5) is 10.1 Å². The molecule has 2 aliphatic heterocycles. The molecule has 0 unspecified atom stereocenters. The van der Waals surface area contributed by atoms with Crippen LogP contribution < -0.4 is 16.0 Å². The van der Waals surface area contributed by atoms with Crippen LogP contribution in [0.3, 0.4) is 0 Å². The molecule has 2 fully saturated rings. The number of nitrogens with zero attached hydrogens (tertiary/aromatic N) is 4. The van der Waals surface area contributed by atoms with Crippen LogP contribution >= 0.6 is 24.0 Å². The van der Waals surface area contributed by atoms with E-state index in [1.165, 1.54) is 6.07 Å². The Morgan fingerprint density at radius 1 is 1.12 bits per heavy atom. The van der Waals surface area contributed by atoms with Crippen LogP contribution in [-0.2, 0) is 4.79 Å². The lowest BCUT2D eigenvalue weighted by molar-refractivity contribution is -0.123. The van der Waals surface area contributed by atoms with Crippen molar-refractivity contribution >= 4 is 41.5 Å². The maximum atomic E-state index is 14.1. The van der Waals surface area contributed by atoms with Gasteiger partial charge in [0, 0.05) is 45.2 Å². The Labute approximate surface area is 208 Å². The predicted octanol–water partition coefficient (Wildman–Crippen LogP) is 2.51. The molecule has 0 spiro atoms. The lowest BCUT2D eigenvalue weighted by atomic mass is 9.96. The molecule has 0 bridgehead atoms. The average Bonchev–Trinajstić information content (AvgIpc) is 2.79. The Morgan fingerprint density at radius 3 is 2.44 bits per heavy atom. The minimum absolute atomic E-state index is 0. The fourth-order valence-electron chi connectivity index (χ4n) is 4.37. The minimum Gasteiger partial charge on any atom is -0.369 e. The lowest BCUT2D eigenvalue weighted by Gasteiger charge is -2.37. The Balaban J connectivity index is 0.00000363. The second kappa shape index (κ2) is 13.8. The summed E-state index contributed by atoms with van der Waals surface area (Å²) in [6.07, 6.45) is 3.92. The molecule has 2 heterocycles. The molecule has 0 radical (unpaired) electrons. The molecule has 2 aliphatic rings. The van der Waals surface area contributed by atoms with Crippen molar-refractivity contribution in [2.45, 2.75) is 32.6 Å². The average molecular weight is 561 g/mol. The fraction of sp³-hybridized carbons (Fsp3) is 0.652. The summed E-state index contributed by atoms with van der Waals surface area (Å²) in [5.74, 6) is 0.704. The van der Waals surface area contributed by atoms with Crippen LogP contribution in [0.1, 0.15) is 32.6 Å². The van der Waals surface area contributed by atoms with Crippen LogP contribution in [0.15, 0.2) is 29.3 Å². The number of halogens is 2. The van der Waals surface area contributed by atoms with Crippen molar-refractivity contribution in [2.75, 3.05) is 63.8 Å². The summed E-state index contributed by atoms with van der Waals surface area (Å²) >= 11 is 0. The van der Waals surface area contributed by atoms with Gasteiger partial charge in [-0.15, -0.1) is 24.0 Å². The van der Waals surface area contributed by atoms with E-state index in [9.17, 15) is 9.18 Å². The Morgan fingerprint density at radius 2 is 1.81 bits per heavy atom. The molecule has 7 nitrogen and oxygen atoms in total. The number of unbranched alkanes of at least 4 members (excludes halogenated alkanes) is 1. The third-order valence-electron chi connectivity index (χ3n) is 6.24. The first-order chi connectivity index (χ1) is 15.1. The van der Waals surface area contributed by atoms with Crippen molar-refractivity contribution in [2.24, 2.45) is 16.6 Å². The number of nitrogens with one attached hydrogen (secondary N) is 1. The first-order valence-corrected chi connectivity index (χ1v) is 11.6. The number of primary amides is 1. The smallest absolute Gasteiger partial charge is 0.220 e. The van der Waals surface area contributed by atoms with Crippen molar-refractivity contribution in [3.05, 3.63) is 30.1 Å². The number of amides is 1. The van der Waals surface area contributed by atoms with Gasteiger partial charge >= 0.3 is 0 Å². The number of carbonyl (C=O) groups excluding carboxylic acids is 1. The number of anilines is 1. The van der Waals surface area contributed by atoms with E-state index in [2.05, 4.69) is 26.9 Å². The van der Waals surface area contributed by atoms with Gasteiger partial charge in [-0.05, 0) is 64.4 Å². The molecule has 3 rings (SSSR count). The maximum Gasteiger partial charge on any atom is 0.220 e. The molecule has 1 amide bonds. The standard InChI is InChI=1S/C23H37FN6O.HI/c1-2-26-23(27-11-5-6-12-28-13-9-19(10-14-28)22(25)31)30-17-15-29(16-18-30)21-8-4-3-7-20(21)24;/h3-4,7-8,19H,2,5-6,9-18H2,1H3,(H2,25,31)(H,26,27);1H. The van der Waals surface area contributed by atoms with E-state index in [0.717, 1.165) is 90.5 Å². The first-order valence-electron chi connectivity index (χ1n) is 11.6. The van der Waals surface area contributed by atoms with Crippen LogP contribution in [0.25, 0.3) is 0 Å². The van der Waals surface area contributed by atoms with E-state index in [1.807, 2.05) is 12.1 Å². The number of guanidine groups is 1. The van der Waals surface area contributed by atoms with Gasteiger partial charge in [0.05, 0.1) is 5.69 Å². The summed E-state index contributed by atoms with van der Waals surface area (Å²) in [7, 11) is 0. The number of piperidine rings is 1. The number of nitrogens with two attached hydrogens (primary N) is 1. The quantitative estimate of drug-likeness (QED) is 0.221. The van der Waals surface area contributed by atoms with Gasteiger partial charge in [0.15, 0.2) is 5.96 Å². The molecule has 0 aromatic heterocycles. The predicted molar refractivity (Wildman–Crippen MR) is 139 cm³/mol. The molecule has 2 saturated heterocycles. The number of hydrogen-bond donors (Lipinski definition) is 2. The zero-order valence-electron chi connectivity index (χ0n) is 19.1. The summed E-state index contributed by atoms with van der Waals surface area (Å²) in [5.41, 5.74) is 6.09. The van der Waals surface area contributed by atoms with Crippen molar-refractivity contribution in [3.63, 3.8) is 0 Å². The largest absolute Gasteiger partial charge is 0.369 e. The number of benzene rings is 1. The molecule has 32 heavy (non-hydrogen) atoms. The van der Waals surface area contributed by atoms with Crippen LogP contribution in [0, 0.1) is 11.7 Å². The lowest BCUT2D eigenvalue weighted by Crippen LogP contribution is -2.52. The summed E-state index contributed by atoms with van der Waals surface area (Å²) in [6, 6.07) is 6.98. The number of piperazine rings is 1. The molecule has 1 aromatic carbocycles. The highest BCUT2D eigenvalue weighted by Gasteiger charge is 2.23. The van der Waals surface area contributed by atoms with Crippen LogP contribution in [0.2, 0.25) is 0 Å². The number of likely N-dealkylation sites (tertiary alicyclic amines) is 1. The molecule has 0 aliphatic carbocycles. The topological polar surface area (TPSA) is 77.2 Å². The highest BCUT2D eigenvalue weighted by atomic mass is 127. The summed E-state index contributed by atoms with van der Waals surface area (Å²) in [6.45, 7) is 9.93. The van der Waals surface area contributed by atoms with Gasteiger partial charge in [0.1, 0.15) is 5.82 Å². The molecular formula is C23H38FIN6O. The third kappa shape index (κ3) is 7.75. The summed E-state index contributed by atoms with van der Waals surface area (Å²) in [5, 5.41) is 3.40. The highest BCUT2D eigenvalue weighted by molar-refractivity contribution is 14.0. The second-order valence-corrected chi connectivity index (χ2v) is 8.39. The van der Waals surface area contributed by atoms with Crippen molar-refractivity contribution in [1.29, 1.82) is 0 Å². The van der Waals surface area contributed by atoms with Gasteiger partial charge in [-0.3, -0.25) is 9.79 Å². The van der Waals surface area contributed by atoms with Gasteiger partial charge in [0.25, 0.3) is 0 Å². The summed E-state index contributed by atoms with van der Waals surface area (Å²) < 4.78 is 14.1. The molecule has 0 saturated carbocycles. The molecule has 180 valence electrons. The minimum atomic E-state index is -0.157. The number of carbonyl (C=O) groups is 1. The second-order valence-electron chi connectivity index (χ2n) is 8.39. The Hall–Kier alpha value is -1.62. The number of rotatable bonds is 8. The highest BCUT2D eigenvalue weighted by Crippen LogP contribution is 2.20. The van der Waals surface area contributed by atoms with Crippen LogP contribution in [0.5, 0.6) is 0 Å². The van der Waals surface area contributed by atoms with Gasteiger partial charge in [-0.1, -0.05) is 12.1 Å². The van der Waals surface area contributed by atoms with Gasteiger partial charge < -0.3 is 25.8 Å². The van der Waals surface area contributed by atoms with Crippen LogP contribution in [-0.4, -0.2) is 80.6 Å². The fourth-order valence-corrected chi connectivity index (χ4v) is 4.37. The number of hydrogen-bond acceptors (Lipinski definition) is 4. The normalized spacial score (nSPS) is 18.4. The molecule has 3 N–H and O–H groups in total. The van der Waals surface area contributed by atoms with E-state index >= 15 is 0 Å². The molecule has 0 atom stereocenters. The number of para-hydroxylation sites is 1. The molecule has 9 heteroatoms. The van der Waals surface area contributed by atoms with Gasteiger partial charge in [-0.2, -0.15) is 0 Å². The summed E-state index contributed by atoms with van der Waals surface area (Å²) in [4.78, 5) is 22.9. The SMILES string of the molecule is CCNC(=NCCCCN1CCC(C(N)=O)CC1)N1CCN(c2ccccc2F)CC1.I. The molecule has 1 aromatic rings. The number of aliphatic imine (C=N–C) groups is 1. The van der Waals surface area contributed by atoms with E-state index in [-0.39, 0.29) is 41.6 Å². The first kappa shape index (κ1) is 26.6. The van der Waals surface area contributed by atoms with E-state index in [4.69, 9.17) is 10.7 Å². The zero-order chi connectivity index (χ0) is 22.1.